The fourth-order valence-corrected chi connectivity index (χ4v) is 9.25. The van der Waals surface area contributed by atoms with Crippen LogP contribution in [0.15, 0.2) is 101 Å². The largest absolute Gasteiger partial charge is 0.497 e. The van der Waals surface area contributed by atoms with Gasteiger partial charge in [-0.05, 0) is 43.5 Å². The number of carbonyl (C=O) groups excluding carboxylic acids is 5. The topological polar surface area (TPSA) is 203 Å². The van der Waals surface area contributed by atoms with Crippen molar-refractivity contribution in [1.29, 1.82) is 0 Å². The first kappa shape index (κ1) is 41.8. The fourth-order valence-electron chi connectivity index (χ4n) is 8.09. The number of carbonyl (C=O) groups is 4. The lowest BCUT2D eigenvalue weighted by atomic mass is 10.0. The minimum absolute atomic E-state index is 0.0206. The maximum atomic E-state index is 14.5. The van der Waals surface area contributed by atoms with Crippen LogP contribution in [0.5, 0.6) is 11.5 Å². The van der Waals surface area contributed by atoms with E-state index >= 15 is 0 Å². The Bertz CT molecular complexity index is 2470. The summed E-state index contributed by atoms with van der Waals surface area (Å²) in [5.41, 5.74) is 0.456. The van der Waals surface area contributed by atoms with Crippen molar-refractivity contribution in [2.75, 3.05) is 19.0 Å². The predicted molar refractivity (Wildman–Crippen MR) is 222 cm³/mol. The van der Waals surface area contributed by atoms with E-state index in [9.17, 15) is 32.4 Å². The number of hydrogen-bond donors (Lipinski definition) is 3. The standard InChI is InChI=1S/C44H46N6O9S/c1-3-29-25-44(29,45-27-51)41-43(55)49-60(56,57)38-17-13-12-16-33(38)47-39(52)18-10-5-4-6-11-19-40(53)50-26-31(23-36(50)42(54)48-41)59-37-24-34(28-14-8-7-9-15-28)46-35-22-30(58-2)20-21-32(35)37/h3,7-9,12-17,20-22,24,29,31,36,41H,1,4-6,10-11,18-19,23,25-26H2,2H3,(H,47,52)(H,48,54)(H,49,55)/t29-,31-,36+,41?,44-/m1/s1. The number of pyridine rings is 1. The molecule has 7 rings (SSSR count). The zero-order chi connectivity index (χ0) is 42.4. The molecule has 16 heteroatoms. The molecule has 3 aliphatic rings. The average molecular weight is 835 g/mol. The Kier molecular flexibility index (Phi) is 12.4. The van der Waals surface area contributed by atoms with Crippen molar-refractivity contribution in [2.24, 2.45) is 10.9 Å². The number of benzene rings is 3. The molecule has 5 atom stereocenters. The van der Waals surface area contributed by atoms with Gasteiger partial charge in [0.05, 0.1) is 30.6 Å². The number of fused-ring (bicyclic) bond motifs is 3. The van der Waals surface area contributed by atoms with Crippen LogP contribution >= 0.6 is 0 Å². The van der Waals surface area contributed by atoms with Gasteiger partial charge in [-0.2, -0.15) is 4.99 Å². The second-order valence-electron chi connectivity index (χ2n) is 15.3. The van der Waals surface area contributed by atoms with Crippen molar-refractivity contribution < 1.29 is 41.9 Å². The number of sulfonamides is 1. The van der Waals surface area contributed by atoms with Crippen molar-refractivity contribution >= 4 is 56.3 Å². The van der Waals surface area contributed by atoms with Gasteiger partial charge in [0.1, 0.15) is 40.1 Å². The summed E-state index contributed by atoms with van der Waals surface area (Å²) in [5.74, 6) is -2.18. The Labute approximate surface area is 347 Å². The van der Waals surface area contributed by atoms with Crippen LogP contribution in [0.4, 0.5) is 5.69 Å². The van der Waals surface area contributed by atoms with Gasteiger partial charge in [0.15, 0.2) is 0 Å². The van der Waals surface area contributed by atoms with Gasteiger partial charge >= 0.3 is 0 Å². The van der Waals surface area contributed by atoms with E-state index in [0.717, 1.165) is 12.0 Å². The number of nitrogens with one attached hydrogen (secondary N) is 3. The van der Waals surface area contributed by atoms with Crippen LogP contribution in [-0.2, 0) is 34.0 Å². The molecule has 1 aromatic heterocycles. The summed E-state index contributed by atoms with van der Waals surface area (Å²) in [4.78, 5) is 77.2. The van der Waals surface area contributed by atoms with Gasteiger partial charge in [0.25, 0.3) is 15.9 Å². The number of amides is 4. The number of hydrogen-bond acceptors (Lipinski definition) is 11. The highest BCUT2D eigenvalue weighted by atomic mass is 32.2. The van der Waals surface area contributed by atoms with Crippen LogP contribution in [0.3, 0.4) is 0 Å². The van der Waals surface area contributed by atoms with Crippen LogP contribution < -0.4 is 24.8 Å². The first-order valence-corrected chi connectivity index (χ1v) is 21.4. The average Bonchev–Trinajstić information content (AvgIpc) is 3.79. The fraction of sp³-hybridized carbons (Fsp3) is 0.364. The van der Waals surface area contributed by atoms with Crippen molar-refractivity contribution in [2.45, 2.75) is 86.4 Å². The summed E-state index contributed by atoms with van der Waals surface area (Å²) in [5, 5.41) is 6.00. The molecule has 3 N–H and O–H groups in total. The third kappa shape index (κ3) is 8.94. The summed E-state index contributed by atoms with van der Waals surface area (Å²) < 4.78 is 41.9. The molecule has 15 nitrogen and oxygen atoms in total. The van der Waals surface area contributed by atoms with Gasteiger partial charge < -0.3 is 25.0 Å². The van der Waals surface area contributed by atoms with Crippen molar-refractivity contribution in [3.05, 3.63) is 91.5 Å². The Balaban J connectivity index is 1.23. The SMILES string of the molecule is C=C[C@@H]1C[C@]1(N=C=O)C1NC(=O)[C@@H]2C[C@@H](Oc3cc(-c4ccccc4)nc4cc(OC)ccc34)CN2C(=O)CCCCCCCC(=O)Nc2ccccc2S(=O)(=O)NC1=O. The molecule has 0 bridgehead atoms. The Morgan fingerprint density at radius 3 is 2.40 bits per heavy atom. The third-order valence-corrected chi connectivity index (χ3v) is 12.7. The number of isocyanates is 1. The van der Waals surface area contributed by atoms with E-state index in [0.29, 0.717) is 53.8 Å². The molecular weight excluding hydrogens is 789 g/mol. The van der Waals surface area contributed by atoms with E-state index < -0.39 is 57.4 Å². The van der Waals surface area contributed by atoms with Gasteiger partial charge in [0.2, 0.25) is 23.8 Å². The van der Waals surface area contributed by atoms with Crippen LogP contribution in [0.2, 0.25) is 0 Å². The van der Waals surface area contributed by atoms with Gasteiger partial charge in [-0.1, -0.05) is 67.8 Å². The van der Waals surface area contributed by atoms with Crippen LogP contribution in [-0.4, -0.2) is 85.4 Å². The van der Waals surface area contributed by atoms with Crippen molar-refractivity contribution in [3.63, 3.8) is 0 Å². The predicted octanol–water partition coefficient (Wildman–Crippen LogP) is 5.21. The summed E-state index contributed by atoms with van der Waals surface area (Å²) in [6.45, 7) is 3.81. The molecule has 1 saturated carbocycles. The molecule has 1 aliphatic carbocycles. The highest BCUT2D eigenvalue weighted by Crippen LogP contribution is 2.50. The minimum atomic E-state index is -4.67. The van der Waals surface area contributed by atoms with Crippen molar-refractivity contribution in [1.82, 2.24) is 19.9 Å². The zero-order valence-electron chi connectivity index (χ0n) is 33.1. The number of para-hydroxylation sites is 1. The first-order chi connectivity index (χ1) is 29.0. The van der Waals surface area contributed by atoms with Crippen LogP contribution in [0.1, 0.15) is 57.8 Å². The summed E-state index contributed by atoms with van der Waals surface area (Å²) in [6.07, 6.45) is 5.84. The molecular formula is C44H46N6O9S. The Morgan fingerprint density at radius 2 is 1.67 bits per heavy atom. The molecule has 1 saturated heterocycles. The van der Waals surface area contributed by atoms with Gasteiger partial charge in [-0.3, -0.25) is 19.2 Å². The lowest BCUT2D eigenvalue weighted by Gasteiger charge is -2.28. The smallest absolute Gasteiger partial charge is 0.266 e. The summed E-state index contributed by atoms with van der Waals surface area (Å²) >= 11 is 0. The normalized spacial score (nSPS) is 25.0. The summed E-state index contributed by atoms with van der Waals surface area (Å²) in [7, 11) is -3.11. The van der Waals surface area contributed by atoms with E-state index in [1.807, 2.05) is 47.2 Å². The quantitative estimate of drug-likeness (QED) is 0.126. The van der Waals surface area contributed by atoms with E-state index in [1.165, 1.54) is 35.3 Å². The zero-order valence-corrected chi connectivity index (χ0v) is 33.9. The highest BCUT2D eigenvalue weighted by molar-refractivity contribution is 7.90. The number of anilines is 1. The number of aliphatic imine (C=N–C) groups is 1. The molecule has 3 heterocycles. The monoisotopic (exact) mass is 834 g/mol. The molecule has 0 spiro atoms. The van der Waals surface area contributed by atoms with Gasteiger partial charge in [0, 0.05) is 48.3 Å². The summed E-state index contributed by atoms with van der Waals surface area (Å²) in [6, 6.07) is 19.6. The maximum absolute atomic E-state index is 14.5. The minimum Gasteiger partial charge on any atom is -0.497 e. The Hall–Kier alpha value is -6.38. The molecule has 1 unspecified atom stereocenters. The lowest BCUT2D eigenvalue weighted by molar-refractivity contribution is -0.139. The second kappa shape index (κ2) is 17.9. The molecule has 312 valence electrons. The first-order valence-electron chi connectivity index (χ1n) is 19.9. The molecule has 3 aromatic carbocycles. The van der Waals surface area contributed by atoms with Crippen LogP contribution in [0.25, 0.3) is 22.2 Å². The molecule has 0 radical (unpaired) electrons. The molecule has 2 aliphatic heterocycles. The Morgan fingerprint density at radius 1 is 0.933 bits per heavy atom. The third-order valence-electron chi connectivity index (χ3n) is 11.3. The highest BCUT2D eigenvalue weighted by Gasteiger charge is 2.62. The molecule has 4 amide bonds. The lowest BCUT2D eigenvalue weighted by Crippen LogP contribution is -2.59. The van der Waals surface area contributed by atoms with Gasteiger partial charge in [-0.15, -0.1) is 6.58 Å². The maximum Gasteiger partial charge on any atom is 0.266 e. The number of ether oxygens (including phenoxy) is 2. The number of aromatic nitrogens is 1. The van der Waals surface area contributed by atoms with E-state index in [-0.39, 0.29) is 48.7 Å². The number of methoxy groups -OCH3 is 1. The van der Waals surface area contributed by atoms with E-state index in [2.05, 4.69) is 22.2 Å². The van der Waals surface area contributed by atoms with Gasteiger partial charge in [-0.25, -0.2) is 22.9 Å². The molecule has 4 aromatic rings. The number of nitrogens with zero attached hydrogens (tertiary/aromatic N) is 3. The van der Waals surface area contributed by atoms with Crippen LogP contribution in [0, 0.1) is 5.92 Å². The second-order valence-corrected chi connectivity index (χ2v) is 16.9. The number of rotatable bonds is 7. The van der Waals surface area contributed by atoms with E-state index in [4.69, 9.17) is 14.5 Å². The molecule has 60 heavy (non-hydrogen) atoms. The molecule has 2 fully saturated rings. The van der Waals surface area contributed by atoms with Crippen molar-refractivity contribution in [3.8, 4) is 22.8 Å². The van der Waals surface area contributed by atoms with E-state index in [1.54, 1.807) is 25.3 Å².